The molecule has 1 atom stereocenters. The quantitative estimate of drug-likeness (QED) is 0.791. The maximum absolute atomic E-state index is 12.9. The van der Waals surface area contributed by atoms with Crippen LogP contribution in [0.5, 0.6) is 0 Å². The topological polar surface area (TPSA) is 72.2 Å². The van der Waals surface area contributed by atoms with E-state index < -0.39 is 10.0 Å². The van der Waals surface area contributed by atoms with Crippen LogP contribution >= 0.6 is 0 Å². The Kier molecular flexibility index (Phi) is 3.66. The van der Waals surface area contributed by atoms with Gasteiger partial charge in [0, 0.05) is 23.6 Å². The molecule has 4 rings (SSSR count). The van der Waals surface area contributed by atoms with Crippen molar-refractivity contribution in [3.63, 3.8) is 0 Å². The van der Waals surface area contributed by atoms with E-state index in [1.807, 2.05) is 25.1 Å². The molecule has 0 aliphatic heterocycles. The third-order valence-electron chi connectivity index (χ3n) is 4.45. The van der Waals surface area contributed by atoms with Crippen molar-refractivity contribution in [2.75, 3.05) is 0 Å². The first-order chi connectivity index (χ1) is 11.5. The summed E-state index contributed by atoms with van der Waals surface area (Å²) in [6, 6.07) is 8.78. The molecule has 124 valence electrons. The van der Waals surface area contributed by atoms with Crippen molar-refractivity contribution < 1.29 is 12.8 Å². The van der Waals surface area contributed by atoms with Gasteiger partial charge in [0.05, 0.1) is 17.8 Å². The molecular weight excluding hydrogens is 324 g/mol. The Morgan fingerprint density at radius 3 is 3.04 bits per heavy atom. The highest BCUT2D eigenvalue weighted by Gasteiger charge is 2.28. The molecule has 0 radical (unpaired) electrons. The van der Waals surface area contributed by atoms with Crippen LogP contribution in [-0.2, 0) is 16.4 Å². The average molecular weight is 342 g/mol. The standard InChI is InChI=1S/C18H18N2O3S/c1-12-10-13-4-2-7-17(18(13)19-11-12)24(21,22)20-15-5-3-6-16-14(15)8-9-23-16/h2,4,7-11,15,20H,3,5-6H2,1H3/t15-/m1/s1. The largest absolute Gasteiger partial charge is 0.469 e. The van der Waals surface area contributed by atoms with Gasteiger partial charge in [0.25, 0.3) is 0 Å². The molecule has 1 aromatic carbocycles. The first-order valence-corrected chi connectivity index (χ1v) is 9.47. The summed E-state index contributed by atoms with van der Waals surface area (Å²) < 4.78 is 34.2. The molecule has 6 heteroatoms. The summed E-state index contributed by atoms with van der Waals surface area (Å²) in [4.78, 5) is 4.55. The highest BCUT2D eigenvalue weighted by atomic mass is 32.2. The van der Waals surface area contributed by atoms with Crippen LogP contribution in [0.25, 0.3) is 10.9 Å². The van der Waals surface area contributed by atoms with E-state index in [0.29, 0.717) is 5.52 Å². The number of hydrogen-bond acceptors (Lipinski definition) is 4. The van der Waals surface area contributed by atoms with Gasteiger partial charge in [0.2, 0.25) is 10.0 Å². The summed E-state index contributed by atoms with van der Waals surface area (Å²) >= 11 is 0. The average Bonchev–Trinajstić information content (AvgIpc) is 3.03. The van der Waals surface area contributed by atoms with Gasteiger partial charge in [-0.05, 0) is 43.5 Å². The molecule has 0 unspecified atom stereocenters. The van der Waals surface area contributed by atoms with Crippen molar-refractivity contribution in [3.05, 3.63) is 59.7 Å². The molecule has 0 fully saturated rings. The summed E-state index contributed by atoms with van der Waals surface area (Å²) in [6.07, 6.45) is 5.84. The fourth-order valence-corrected chi connectivity index (χ4v) is 4.75. The fourth-order valence-electron chi connectivity index (χ4n) is 3.32. The lowest BCUT2D eigenvalue weighted by Gasteiger charge is -2.22. The molecule has 0 saturated heterocycles. The van der Waals surface area contributed by atoms with Crippen LogP contribution in [0.2, 0.25) is 0 Å². The molecule has 1 aliphatic rings. The number of aromatic nitrogens is 1. The van der Waals surface area contributed by atoms with E-state index in [2.05, 4.69) is 9.71 Å². The van der Waals surface area contributed by atoms with E-state index in [9.17, 15) is 8.42 Å². The number of aryl methyl sites for hydroxylation is 2. The monoisotopic (exact) mass is 342 g/mol. The number of nitrogens with zero attached hydrogens (tertiary/aromatic N) is 1. The number of rotatable bonds is 3. The van der Waals surface area contributed by atoms with E-state index in [-0.39, 0.29) is 10.9 Å². The second kappa shape index (κ2) is 5.72. The van der Waals surface area contributed by atoms with E-state index >= 15 is 0 Å². The van der Waals surface area contributed by atoms with Crippen LogP contribution in [0.1, 0.15) is 35.8 Å². The smallest absolute Gasteiger partial charge is 0.243 e. The number of furan rings is 1. The Morgan fingerprint density at radius 1 is 1.29 bits per heavy atom. The van der Waals surface area contributed by atoms with Crippen LogP contribution < -0.4 is 4.72 Å². The van der Waals surface area contributed by atoms with Crippen LogP contribution in [0, 0.1) is 6.92 Å². The van der Waals surface area contributed by atoms with Crippen molar-refractivity contribution in [2.45, 2.75) is 37.1 Å². The number of fused-ring (bicyclic) bond motifs is 2. The van der Waals surface area contributed by atoms with E-state index in [0.717, 1.165) is 41.5 Å². The molecular formula is C18H18N2O3S. The van der Waals surface area contributed by atoms with E-state index in [4.69, 9.17) is 4.42 Å². The number of sulfonamides is 1. The minimum atomic E-state index is -3.67. The van der Waals surface area contributed by atoms with Gasteiger partial charge in [-0.25, -0.2) is 13.1 Å². The molecule has 1 N–H and O–H groups in total. The van der Waals surface area contributed by atoms with Crippen LogP contribution in [0.4, 0.5) is 0 Å². The van der Waals surface area contributed by atoms with Gasteiger partial charge in [-0.15, -0.1) is 0 Å². The SMILES string of the molecule is Cc1cnc2c(S(=O)(=O)N[C@@H]3CCCc4occc43)cccc2c1. The van der Waals surface area contributed by atoms with Crippen LogP contribution in [0.3, 0.4) is 0 Å². The van der Waals surface area contributed by atoms with Gasteiger partial charge in [0.1, 0.15) is 10.7 Å². The van der Waals surface area contributed by atoms with Gasteiger partial charge in [-0.3, -0.25) is 4.98 Å². The molecule has 1 aliphatic carbocycles. The number of hydrogen-bond donors (Lipinski definition) is 1. The van der Waals surface area contributed by atoms with Gasteiger partial charge < -0.3 is 4.42 Å². The van der Waals surface area contributed by atoms with Crippen molar-refractivity contribution in [3.8, 4) is 0 Å². The third-order valence-corrected chi connectivity index (χ3v) is 5.95. The van der Waals surface area contributed by atoms with Crippen molar-refractivity contribution in [1.29, 1.82) is 0 Å². The van der Waals surface area contributed by atoms with Crippen molar-refractivity contribution in [1.82, 2.24) is 9.71 Å². The number of para-hydroxylation sites is 1. The minimum Gasteiger partial charge on any atom is -0.469 e. The lowest BCUT2D eigenvalue weighted by Crippen LogP contribution is -2.30. The number of pyridine rings is 1. The first kappa shape index (κ1) is 15.4. The Bertz CT molecular complexity index is 1010. The Morgan fingerprint density at radius 2 is 2.17 bits per heavy atom. The lowest BCUT2D eigenvalue weighted by atomic mass is 9.94. The maximum atomic E-state index is 12.9. The molecule has 2 heterocycles. The van der Waals surface area contributed by atoms with Crippen molar-refractivity contribution >= 4 is 20.9 Å². The fraction of sp³-hybridized carbons (Fsp3) is 0.278. The molecule has 0 bridgehead atoms. The Balaban J connectivity index is 1.75. The van der Waals surface area contributed by atoms with Crippen molar-refractivity contribution in [2.24, 2.45) is 0 Å². The second-order valence-electron chi connectivity index (χ2n) is 6.21. The molecule has 0 saturated carbocycles. The zero-order valence-corrected chi connectivity index (χ0v) is 14.1. The molecule has 0 amide bonds. The van der Waals surface area contributed by atoms with Gasteiger partial charge in [0.15, 0.2) is 0 Å². The number of benzene rings is 1. The van der Waals surface area contributed by atoms with E-state index in [1.165, 1.54) is 0 Å². The third kappa shape index (κ3) is 2.61. The van der Waals surface area contributed by atoms with Gasteiger partial charge in [-0.2, -0.15) is 0 Å². The first-order valence-electron chi connectivity index (χ1n) is 7.98. The summed E-state index contributed by atoms with van der Waals surface area (Å²) in [5.41, 5.74) is 2.44. The predicted octanol–water partition coefficient (Wildman–Crippen LogP) is 3.49. The zero-order valence-electron chi connectivity index (χ0n) is 13.3. The Labute approximate surface area is 140 Å². The molecule has 0 spiro atoms. The second-order valence-corrected chi connectivity index (χ2v) is 7.89. The predicted molar refractivity (Wildman–Crippen MR) is 91.2 cm³/mol. The highest BCUT2D eigenvalue weighted by molar-refractivity contribution is 7.89. The van der Waals surface area contributed by atoms with E-state index in [1.54, 1.807) is 24.6 Å². The summed E-state index contributed by atoms with van der Waals surface area (Å²) in [6.45, 7) is 1.94. The van der Waals surface area contributed by atoms with Crippen LogP contribution in [-0.4, -0.2) is 13.4 Å². The molecule has 5 nitrogen and oxygen atoms in total. The number of nitrogens with one attached hydrogen (secondary N) is 1. The Hall–Kier alpha value is -2.18. The molecule has 24 heavy (non-hydrogen) atoms. The van der Waals surface area contributed by atoms with Crippen LogP contribution in [0.15, 0.2) is 52.1 Å². The molecule has 3 aromatic rings. The van der Waals surface area contributed by atoms with Gasteiger partial charge >= 0.3 is 0 Å². The van der Waals surface area contributed by atoms with Gasteiger partial charge in [-0.1, -0.05) is 12.1 Å². The normalized spacial score (nSPS) is 17.8. The maximum Gasteiger partial charge on any atom is 0.243 e. The summed E-state index contributed by atoms with van der Waals surface area (Å²) in [5.74, 6) is 0.876. The summed E-state index contributed by atoms with van der Waals surface area (Å²) in [7, 11) is -3.67. The molecule has 2 aromatic heterocycles. The summed E-state index contributed by atoms with van der Waals surface area (Å²) in [5, 5.41) is 0.825. The minimum absolute atomic E-state index is 0.218. The zero-order chi connectivity index (χ0) is 16.7. The highest BCUT2D eigenvalue weighted by Crippen LogP contribution is 2.32. The lowest BCUT2D eigenvalue weighted by molar-refractivity contribution is 0.438.